The fourth-order valence-electron chi connectivity index (χ4n) is 3.84. The van der Waals surface area contributed by atoms with Crippen LogP contribution < -0.4 is 0 Å². The molecule has 0 spiro atoms. The van der Waals surface area contributed by atoms with Crippen LogP contribution >= 0.6 is 0 Å². The summed E-state index contributed by atoms with van der Waals surface area (Å²) in [5.74, 6) is 2.50. The molecular formula is C12H16O. The summed E-state index contributed by atoms with van der Waals surface area (Å²) in [7, 11) is 0. The van der Waals surface area contributed by atoms with Gasteiger partial charge in [0.25, 0.3) is 0 Å². The van der Waals surface area contributed by atoms with Crippen LogP contribution in [0.1, 0.15) is 32.1 Å². The third kappa shape index (κ3) is 0.853. The Morgan fingerprint density at radius 1 is 0.923 bits per heavy atom. The molecule has 0 heterocycles. The van der Waals surface area contributed by atoms with E-state index in [1.807, 2.05) is 0 Å². The van der Waals surface area contributed by atoms with Crippen LogP contribution in [0.5, 0.6) is 0 Å². The van der Waals surface area contributed by atoms with Crippen molar-refractivity contribution in [1.29, 1.82) is 0 Å². The Labute approximate surface area is 79.2 Å². The SMILES string of the molecule is C=C1C2CCC1C1CCCC2C1=O. The van der Waals surface area contributed by atoms with Crippen LogP contribution in [0.2, 0.25) is 0 Å². The molecule has 3 aliphatic carbocycles. The highest BCUT2D eigenvalue weighted by Gasteiger charge is 2.50. The maximum Gasteiger partial charge on any atom is 0.140 e. The molecule has 0 radical (unpaired) electrons. The maximum atomic E-state index is 12.0. The number of fused-ring (bicyclic) bond motifs is 6. The van der Waals surface area contributed by atoms with Crippen LogP contribution in [0.15, 0.2) is 12.2 Å². The Balaban J connectivity index is 2.05. The molecule has 0 aliphatic heterocycles. The number of hydrogen-bond donors (Lipinski definition) is 0. The van der Waals surface area contributed by atoms with Crippen LogP contribution in [0.3, 0.4) is 0 Å². The molecule has 1 heteroatoms. The molecule has 3 saturated carbocycles. The number of ketones is 1. The fourth-order valence-corrected chi connectivity index (χ4v) is 3.84. The predicted octanol–water partition coefficient (Wildman–Crippen LogP) is 2.57. The zero-order chi connectivity index (χ0) is 9.00. The first kappa shape index (κ1) is 7.78. The first-order valence-corrected chi connectivity index (χ1v) is 5.51. The van der Waals surface area contributed by atoms with Gasteiger partial charge >= 0.3 is 0 Å². The Morgan fingerprint density at radius 3 is 2.00 bits per heavy atom. The van der Waals surface area contributed by atoms with Gasteiger partial charge in [-0.2, -0.15) is 0 Å². The molecular weight excluding hydrogens is 160 g/mol. The number of carbonyl (C=O) groups is 1. The molecule has 70 valence electrons. The molecule has 13 heavy (non-hydrogen) atoms. The van der Waals surface area contributed by atoms with Gasteiger partial charge in [-0.3, -0.25) is 4.79 Å². The van der Waals surface area contributed by atoms with Crippen molar-refractivity contribution in [2.45, 2.75) is 32.1 Å². The van der Waals surface area contributed by atoms with Gasteiger partial charge in [-0.1, -0.05) is 18.6 Å². The zero-order valence-corrected chi connectivity index (χ0v) is 7.96. The van der Waals surface area contributed by atoms with Crippen molar-refractivity contribution in [1.82, 2.24) is 0 Å². The average molecular weight is 176 g/mol. The molecule has 4 bridgehead atoms. The van der Waals surface area contributed by atoms with Crippen LogP contribution in [-0.2, 0) is 4.79 Å². The predicted molar refractivity (Wildman–Crippen MR) is 51.2 cm³/mol. The van der Waals surface area contributed by atoms with Gasteiger partial charge in [0.15, 0.2) is 0 Å². The second-order valence-electron chi connectivity index (χ2n) is 4.91. The smallest absolute Gasteiger partial charge is 0.140 e. The molecule has 0 amide bonds. The molecule has 4 unspecified atom stereocenters. The minimum atomic E-state index is 0.380. The number of allylic oxidation sites excluding steroid dienone is 1. The molecule has 1 nitrogen and oxygen atoms in total. The van der Waals surface area contributed by atoms with E-state index in [2.05, 4.69) is 6.58 Å². The summed E-state index contributed by atoms with van der Waals surface area (Å²) in [6.45, 7) is 4.20. The topological polar surface area (TPSA) is 17.1 Å². The molecule has 0 N–H and O–H groups in total. The minimum absolute atomic E-state index is 0.380. The summed E-state index contributed by atoms with van der Waals surface area (Å²) in [4.78, 5) is 12.0. The van der Waals surface area contributed by atoms with E-state index in [0.29, 0.717) is 29.5 Å². The van der Waals surface area contributed by atoms with E-state index in [-0.39, 0.29) is 0 Å². The highest BCUT2D eigenvalue weighted by atomic mass is 16.1. The molecule has 3 aliphatic rings. The van der Waals surface area contributed by atoms with Crippen molar-refractivity contribution in [2.75, 3.05) is 0 Å². The molecule has 0 aromatic rings. The molecule has 0 aromatic carbocycles. The molecule has 3 rings (SSSR count). The molecule has 0 aromatic heterocycles. The van der Waals surface area contributed by atoms with Crippen molar-refractivity contribution in [2.24, 2.45) is 23.7 Å². The maximum absolute atomic E-state index is 12.0. The largest absolute Gasteiger partial charge is 0.299 e. The number of rotatable bonds is 0. The van der Waals surface area contributed by atoms with E-state index in [1.165, 1.54) is 24.8 Å². The lowest BCUT2D eigenvalue weighted by molar-refractivity contribution is -0.133. The van der Waals surface area contributed by atoms with Gasteiger partial charge < -0.3 is 0 Å². The Hall–Kier alpha value is -0.590. The van der Waals surface area contributed by atoms with Crippen LogP contribution in [0.25, 0.3) is 0 Å². The van der Waals surface area contributed by atoms with Gasteiger partial charge in [0, 0.05) is 11.8 Å². The van der Waals surface area contributed by atoms with Gasteiger partial charge in [0.2, 0.25) is 0 Å². The number of carbonyl (C=O) groups excluding carboxylic acids is 1. The summed E-state index contributed by atoms with van der Waals surface area (Å²) in [5.41, 5.74) is 1.43. The van der Waals surface area contributed by atoms with Crippen molar-refractivity contribution in [3.63, 3.8) is 0 Å². The van der Waals surface area contributed by atoms with Gasteiger partial charge in [-0.15, -0.1) is 0 Å². The van der Waals surface area contributed by atoms with E-state index >= 15 is 0 Å². The normalized spacial score (nSPS) is 48.3. The minimum Gasteiger partial charge on any atom is -0.299 e. The van der Waals surface area contributed by atoms with Gasteiger partial charge in [0.1, 0.15) is 5.78 Å². The number of Topliss-reactive ketones (excluding diaryl/α,β-unsaturated/α-hetero) is 1. The first-order valence-electron chi connectivity index (χ1n) is 5.51. The van der Waals surface area contributed by atoms with Crippen LogP contribution in [0, 0.1) is 23.7 Å². The monoisotopic (exact) mass is 176 g/mol. The molecule has 0 saturated heterocycles. The Kier molecular flexibility index (Phi) is 1.47. The van der Waals surface area contributed by atoms with E-state index in [9.17, 15) is 4.79 Å². The summed E-state index contributed by atoms with van der Waals surface area (Å²) in [6.07, 6.45) is 6.06. The third-order valence-electron chi connectivity index (χ3n) is 4.47. The van der Waals surface area contributed by atoms with Gasteiger partial charge in [-0.25, -0.2) is 0 Å². The third-order valence-corrected chi connectivity index (χ3v) is 4.47. The molecule has 4 atom stereocenters. The quantitative estimate of drug-likeness (QED) is 0.518. The standard InChI is InChI=1S/C12H16O/c1-7-8-5-6-9(7)11-4-2-3-10(8)12(11)13/h8-11H,1-6H2. The second kappa shape index (κ2) is 2.46. The van der Waals surface area contributed by atoms with Crippen LogP contribution in [-0.4, -0.2) is 5.78 Å². The highest BCUT2D eigenvalue weighted by Crippen LogP contribution is 2.54. The fraction of sp³-hybridized carbons (Fsp3) is 0.750. The highest BCUT2D eigenvalue weighted by molar-refractivity contribution is 5.87. The van der Waals surface area contributed by atoms with Crippen molar-refractivity contribution >= 4 is 5.78 Å². The van der Waals surface area contributed by atoms with E-state index < -0.39 is 0 Å². The zero-order valence-electron chi connectivity index (χ0n) is 7.96. The second-order valence-corrected chi connectivity index (χ2v) is 4.91. The van der Waals surface area contributed by atoms with E-state index in [0.717, 1.165) is 12.8 Å². The van der Waals surface area contributed by atoms with Crippen molar-refractivity contribution in [3.8, 4) is 0 Å². The summed E-state index contributed by atoms with van der Waals surface area (Å²) in [5, 5.41) is 0. The van der Waals surface area contributed by atoms with Crippen molar-refractivity contribution < 1.29 is 4.79 Å². The lowest BCUT2D eigenvalue weighted by Crippen LogP contribution is -2.40. The lowest BCUT2D eigenvalue weighted by atomic mass is 9.63. The van der Waals surface area contributed by atoms with Crippen molar-refractivity contribution in [3.05, 3.63) is 12.2 Å². The van der Waals surface area contributed by atoms with Crippen LogP contribution in [0.4, 0.5) is 0 Å². The van der Waals surface area contributed by atoms with E-state index in [1.54, 1.807) is 0 Å². The average Bonchev–Trinajstić information content (AvgIpc) is 2.46. The Bertz CT molecular complexity index is 255. The number of hydrogen-bond acceptors (Lipinski definition) is 1. The van der Waals surface area contributed by atoms with Gasteiger partial charge in [0.05, 0.1) is 0 Å². The first-order chi connectivity index (χ1) is 6.29. The van der Waals surface area contributed by atoms with E-state index in [4.69, 9.17) is 0 Å². The summed E-state index contributed by atoms with van der Waals surface area (Å²) >= 11 is 0. The Morgan fingerprint density at radius 2 is 1.46 bits per heavy atom. The van der Waals surface area contributed by atoms with Gasteiger partial charge in [-0.05, 0) is 37.5 Å². The molecule has 3 fully saturated rings. The summed E-state index contributed by atoms with van der Waals surface area (Å²) < 4.78 is 0. The lowest BCUT2D eigenvalue weighted by Gasteiger charge is -2.39. The summed E-state index contributed by atoms with van der Waals surface area (Å²) in [6, 6.07) is 0.